The maximum atomic E-state index is 13.7. The Morgan fingerprint density at radius 2 is 1.72 bits per heavy atom. The van der Waals surface area contributed by atoms with E-state index in [0.29, 0.717) is 5.92 Å². The SMILES string of the molecule is C[C@H](Cc1ccccc1)N(C)C(=O)[C@H](CCC1CCOCC1)c1ccc(SC2CC2)cc1. The fourth-order valence-corrected chi connectivity index (χ4v) is 5.63. The van der Waals surface area contributed by atoms with Crippen LogP contribution in [0.3, 0.4) is 0 Å². The molecule has 0 bridgehead atoms. The van der Waals surface area contributed by atoms with Crippen molar-refractivity contribution >= 4 is 17.7 Å². The molecule has 2 atom stereocenters. The second-order valence-corrected chi connectivity index (χ2v) is 10.9. The van der Waals surface area contributed by atoms with Gasteiger partial charge >= 0.3 is 0 Å². The molecular formula is C28H37NO2S. The van der Waals surface area contributed by atoms with Gasteiger partial charge in [-0.15, -0.1) is 11.8 Å². The van der Waals surface area contributed by atoms with Crippen molar-refractivity contribution in [2.45, 2.75) is 74.0 Å². The van der Waals surface area contributed by atoms with Gasteiger partial charge in [0.15, 0.2) is 0 Å². The average Bonchev–Trinajstić information content (AvgIpc) is 3.65. The predicted octanol–water partition coefficient (Wildman–Crippen LogP) is 6.32. The van der Waals surface area contributed by atoms with E-state index in [0.717, 1.165) is 50.6 Å². The third-order valence-electron chi connectivity index (χ3n) is 6.99. The van der Waals surface area contributed by atoms with E-state index in [4.69, 9.17) is 4.74 Å². The van der Waals surface area contributed by atoms with Crippen LogP contribution in [0.4, 0.5) is 0 Å². The molecule has 3 nitrogen and oxygen atoms in total. The molecule has 0 radical (unpaired) electrons. The summed E-state index contributed by atoms with van der Waals surface area (Å²) in [5, 5.41) is 0.803. The molecular weight excluding hydrogens is 414 g/mol. The first kappa shape index (κ1) is 23.4. The van der Waals surface area contributed by atoms with Crippen LogP contribution >= 0.6 is 11.8 Å². The highest BCUT2D eigenvalue weighted by Gasteiger charge is 2.28. The second-order valence-electron chi connectivity index (χ2n) is 9.56. The number of carbonyl (C=O) groups is 1. The van der Waals surface area contributed by atoms with Gasteiger partial charge in [0.2, 0.25) is 5.91 Å². The van der Waals surface area contributed by atoms with Gasteiger partial charge in [-0.1, -0.05) is 42.5 Å². The molecule has 1 saturated heterocycles. The van der Waals surface area contributed by atoms with E-state index in [1.165, 1.54) is 28.9 Å². The molecule has 1 saturated carbocycles. The van der Waals surface area contributed by atoms with Gasteiger partial charge < -0.3 is 9.64 Å². The van der Waals surface area contributed by atoms with Crippen molar-refractivity contribution in [1.82, 2.24) is 4.90 Å². The van der Waals surface area contributed by atoms with Gasteiger partial charge in [-0.25, -0.2) is 0 Å². The van der Waals surface area contributed by atoms with Crippen LogP contribution in [0.15, 0.2) is 59.5 Å². The van der Waals surface area contributed by atoms with Crippen molar-refractivity contribution in [1.29, 1.82) is 0 Å². The monoisotopic (exact) mass is 451 g/mol. The van der Waals surface area contributed by atoms with Crippen LogP contribution < -0.4 is 0 Å². The Morgan fingerprint density at radius 1 is 1.03 bits per heavy atom. The van der Waals surface area contributed by atoms with Crippen LogP contribution in [0.25, 0.3) is 0 Å². The number of rotatable bonds is 10. The van der Waals surface area contributed by atoms with Gasteiger partial charge in [0.1, 0.15) is 0 Å². The highest BCUT2D eigenvalue weighted by molar-refractivity contribution is 8.00. The second kappa shape index (κ2) is 11.4. The summed E-state index contributed by atoms with van der Waals surface area (Å²) in [6, 6.07) is 19.5. The molecule has 1 heterocycles. The average molecular weight is 452 g/mol. The van der Waals surface area contributed by atoms with Gasteiger partial charge in [-0.05, 0) is 81.0 Å². The highest BCUT2D eigenvalue weighted by atomic mass is 32.2. The number of amides is 1. The van der Waals surface area contributed by atoms with E-state index < -0.39 is 0 Å². The summed E-state index contributed by atoms with van der Waals surface area (Å²) in [7, 11) is 1.98. The Balaban J connectivity index is 1.45. The molecule has 2 aromatic rings. The molecule has 32 heavy (non-hydrogen) atoms. The molecule has 2 fully saturated rings. The van der Waals surface area contributed by atoms with Crippen LogP contribution in [0.1, 0.15) is 62.5 Å². The van der Waals surface area contributed by atoms with Crippen molar-refractivity contribution < 1.29 is 9.53 Å². The van der Waals surface area contributed by atoms with E-state index in [1.54, 1.807) is 0 Å². The van der Waals surface area contributed by atoms with E-state index in [2.05, 4.69) is 55.5 Å². The van der Waals surface area contributed by atoms with E-state index in [1.807, 2.05) is 29.8 Å². The first-order valence-electron chi connectivity index (χ1n) is 12.2. The van der Waals surface area contributed by atoms with Crippen molar-refractivity contribution in [2.24, 2.45) is 5.92 Å². The van der Waals surface area contributed by atoms with Gasteiger partial charge in [0.05, 0.1) is 5.92 Å². The summed E-state index contributed by atoms with van der Waals surface area (Å²) < 4.78 is 5.54. The fourth-order valence-electron chi connectivity index (χ4n) is 4.58. The molecule has 2 aliphatic rings. The number of thioether (sulfide) groups is 1. The third kappa shape index (κ3) is 6.62. The zero-order chi connectivity index (χ0) is 22.3. The number of hydrogen-bond acceptors (Lipinski definition) is 3. The van der Waals surface area contributed by atoms with Crippen molar-refractivity contribution in [3.05, 3.63) is 65.7 Å². The number of likely N-dealkylation sites (N-methyl/N-ethyl adjacent to an activating group) is 1. The van der Waals surface area contributed by atoms with Crippen molar-refractivity contribution in [3.8, 4) is 0 Å². The minimum absolute atomic E-state index is 0.0685. The molecule has 1 amide bonds. The van der Waals surface area contributed by atoms with E-state index in [-0.39, 0.29) is 17.9 Å². The Hall–Kier alpha value is -1.78. The lowest BCUT2D eigenvalue weighted by molar-refractivity contribution is -0.133. The summed E-state index contributed by atoms with van der Waals surface area (Å²) in [5.41, 5.74) is 2.45. The molecule has 4 rings (SSSR count). The topological polar surface area (TPSA) is 29.5 Å². The summed E-state index contributed by atoms with van der Waals surface area (Å²) in [6.45, 7) is 3.89. The van der Waals surface area contributed by atoms with Crippen molar-refractivity contribution in [3.63, 3.8) is 0 Å². The van der Waals surface area contributed by atoms with Gasteiger partial charge in [0, 0.05) is 36.4 Å². The molecule has 0 spiro atoms. The first-order valence-corrected chi connectivity index (χ1v) is 13.1. The minimum atomic E-state index is -0.0685. The number of benzene rings is 2. The molecule has 1 aliphatic carbocycles. The summed E-state index contributed by atoms with van der Waals surface area (Å²) >= 11 is 1.98. The molecule has 0 unspecified atom stereocenters. The van der Waals surface area contributed by atoms with Crippen LogP contribution in [0, 0.1) is 5.92 Å². The van der Waals surface area contributed by atoms with Crippen molar-refractivity contribution in [2.75, 3.05) is 20.3 Å². The van der Waals surface area contributed by atoms with Crippen LogP contribution in [-0.4, -0.2) is 42.4 Å². The predicted molar refractivity (Wildman–Crippen MR) is 133 cm³/mol. The summed E-state index contributed by atoms with van der Waals surface area (Å²) in [6.07, 6.45) is 7.81. The summed E-state index contributed by atoms with van der Waals surface area (Å²) in [4.78, 5) is 17.0. The van der Waals surface area contributed by atoms with Gasteiger partial charge in [-0.3, -0.25) is 4.79 Å². The zero-order valence-electron chi connectivity index (χ0n) is 19.5. The lowest BCUT2D eigenvalue weighted by Crippen LogP contribution is -2.39. The minimum Gasteiger partial charge on any atom is -0.381 e. The number of carbonyl (C=O) groups excluding carboxylic acids is 1. The standard InChI is InChI=1S/C28H37NO2S/c1-21(20-23-6-4-3-5-7-23)29(2)28(30)27(15-8-22-16-18-31-19-17-22)24-9-11-25(12-10-24)32-26-13-14-26/h3-7,9-12,21-22,26-27H,8,13-20H2,1-2H3/t21-,27-/m1/s1. The first-order chi connectivity index (χ1) is 15.6. The molecule has 1 aliphatic heterocycles. The number of hydrogen-bond donors (Lipinski definition) is 0. The molecule has 0 N–H and O–H groups in total. The van der Waals surface area contributed by atoms with Crippen LogP contribution in [0.5, 0.6) is 0 Å². The maximum absolute atomic E-state index is 13.7. The van der Waals surface area contributed by atoms with Crippen LogP contribution in [-0.2, 0) is 16.0 Å². The smallest absolute Gasteiger partial charge is 0.230 e. The normalized spacial score (nSPS) is 18.8. The molecule has 4 heteroatoms. The van der Waals surface area contributed by atoms with Gasteiger partial charge in [-0.2, -0.15) is 0 Å². The molecule has 172 valence electrons. The van der Waals surface area contributed by atoms with E-state index >= 15 is 0 Å². The quantitative estimate of drug-likeness (QED) is 0.423. The molecule has 2 aromatic carbocycles. The number of ether oxygens (including phenoxy) is 1. The maximum Gasteiger partial charge on any atom is 0.230 e. The zero-order valence-corrected chi connectivity index (χ0v) is 20.4. The third-order valence-corrected chi connectivity index (χ3v) is 8.34. The lowest BCUT2D eigenvalue weighted by atomic mass is 9.86. The Morgan fingerprint density at radius 3 is 2.38 bits per heavy atom. The Labute approximate surface area is 197 Å². The van der Waals surface area contributed by atoms with Gasteiger partial charge in [0.25, 0.3) is 0 Å². The lowest BCUT2D eigenvalue weighted by Gasteiger charge is -2.31. The Bertz CT molecular complexity index is 843. The summed E-state index contributed by atoms with van der Waals surface area (Å²) in [5.74, 6) is 0.861. The highest BCUT2D eigenvalue weighted by Crippen LogP contribution is 2.39. The largest absolute Gasteiger partial charge is 0.381 e. The molecule has 0 aromatic heterocycles. The number of nitrogens with zero attached hydrogens (tertiary/aromatic N) is 1. The Kier molecular flexibility index (Phi) is 8.31. The van der Waals surface area contributed by atoms with E-state index in [9.17, 15) is 4.79 Å². The fraction of sp³-hybridized carbons (Fsp3) is 0.536. The van der Waals surface area contributed by atoms with Crippen LogP contribution in [0.2, 0.25) is 0 Å².